The van der Waals surface area contributed by atoms with E-state index in [4.69, 9.17) is 0 Å². The number of carbonyl (C=O) groups is 1. The van der Waals surface area contributed by atoms with Crippen LogP contribution in [0.4, 0.5) is 0 Å². The normalized spacial score (nSPS) is 12.6. The summed E-state index contributed by atoms with van der Waals surface area (Å²) in [5, 5.41) is 0. The standard InChI is InChI=1S/C10H18O3S/c1-8(2)6-7-9(11)10(3,4)14(5,12)13/h1,6-7H2,2-5H3. The van der Waals surface area contributed by atoms with Crippen LogP contribution in [-0.4, -0.2) is 25.2 Å². The van der Waals surface area contributed by atoms with Crippen molar-refractivity contribution in [3.63, 3.8) is 0 Å². The molecule has 0 atom stereocenters. The first-order valence-electron chi connectivity index (χ1n) is 4.46. The highest BCUT2D eigenvalue weighted by Gasteiger charge is 2.37. The number of rotatable bonds is 5. The molecule has 0 aliphatic rings. The van der Waals surface area contributed by atoms with Crippen molar-refractivity contribution in [3.8, 4) is 0 Å². The Morgan fingerprint density at radius 2 is 1.71 bits per heavy atom. The summed E-state index contributed by atoms with van der Waals surface area (Å²) in [4.78, 5) is 11.6. The monoisotopic (exact) mass is 218 g/mol. The molecule has 0 bridgehead atoms. The third-order valence-electron chi connectivity index (χ3n) is 2.38. The molecule has 0 aliphatic carbocycles. The van der Waals surface area contributed by atoms with Gasteiger partial charge in [0.05, 0.1) is 0 Å². The van der Waals surface area contributed by atoms with Crippen molar-refractivity contribution in [2.75, 3.05) is 6.26 Å². The minimum absolute atomic E-state index is 0.245. The minimum Gasteiger partial charge on any atom is -0.298 e. The van der Waals surface area contributed by atoms with Gasteiger partial charge in [0.2, 0.25) is 0 Å². The lowest BCUT2D eigenvalue weighted by Crippen LogP contribution is -2.39. The molecule has 0 aromatic carbocycles. The Hall–Kier alpha value is -0.640. The molecule has 82 valence electrons. The summed E-state index contributed by atoms with van der Waals surface area (Å²) in [6.07, 6.45) is 1.89. The first kappa shape index (κ1) is 13.4. The van der Waals surface area contributed by atoms with E-state index in [-0.39, 0.29) is 12.2 Å². The third-order valence-corrected chi connectivity index (χ3v) is 4.46. The first-order chi connectivity index (χ1) is 6.09. The fourth-order valence-electron chi connectivity index (χ4n) is 0.835. The van der Waals surface area contributed by atoms with Gasteiger partial charge in [-0.05, 0) is 27.2 Å². The van der Waals surface area contributed by atoms with Crippen LogP contribution in [-0.2, 0) is 14.6 Å². The second kappa shape index (κ2) is 4.26. The summed E-state index contributed by atoms with van der Waals surface area (Å²) in [5.41, 5.74) is 0.891. The van der Waals surface area contributed by atoms with Crippen LogP contribution < -0.4 is 0 Å². The molecule has 0 fully saturated rings. The Kier molecular flexibility index (Phi) is 4.06. The van der Waals surface area contributed by atoms with Gasteiger partial charge in [-0.25, -0.2) is 8.42 Å². The van der Waals surface area contributed by atoms with Gasteiger partial charge in [-0.2, -0.15) is 0 Å². The molecule has 0 aromatic heterocycles. The van der Waals surface area contributed by atoms with Crippen LogP contribution in [0.1, 0.15) is 33.6 Å². The topological polar surface area (TPSA) is 51.2 Å². The predicted molar refractivity (Wildman–Crippen MR) is 58.0 cm³/mol. The molecule has 3 nitrogen and oxygen atoms in total. The van der Waals surface area contributed by atoms with E-state index in [0.29, 0.717) is 6.42 Å². The zero-order valence-electron chi connectivity index (χ0n) is 9.25. The first-order valence-corrected chi connectivity index (χ1v) is 6.35. The highest BCUT2D eigenvalue weighted by atomic mass is 32.2. The van der Waals surface area contributed by atoms with E-state index in [1.54, 1.807) is 0 Å². The van der Waals surface area contributed by atoms with Crippen LogP contribution in [0, 0.1) is 0 Å². The zero-order valence-corrected chi connectivity index (χ0v) is 10.1. The van der Waals surface area contributed by atoms with E-state index in [2.05, 4.69) is 6.58 Å². The van der Waals surface area contributed by atoms with E-state index in [0.717, 1.165) is 11.8 Å². The Morgan fingerprint density at radius 1 is 1.29 bits per heavy atom. The molecule has 0 rings (SSSR count). The van der Waals surface area contributed by atoms with Crippen LogP contribution >= 0.6 is 0 Å². The summed E-state index contributed by atoms with van der Waals surface area (Å²) < 4.78 is 21.3. The lowest BCUT2D eigenvalue weighted by molar-refractivity contribution is -0.120. The maximum atomic E-state index is 11.6. The highest BCUT2D eigenvalue weighted by molar-refractivity contribution is 7.92. The number of carbonyl (C=O) groups excluding carboxylic acids is 1. The van der Waals surface area contributed by atoms with Gasteiger partial charge in [0, 0.05) is 12.7 Å². The smallest absolute Gasteiger partial charge is 0.159 e. The molecule has 0 aromatic rings. The minimum atomic E-state index is -3.33. The quantitative estimate of drug-likeness (QED) is 0.660. The number of Topliss-reactive ketones (excluding diaryl/α,β-unsaturated/α-hetero) is 1. The van der Waals surface area contributed by atoms with Crippen LogP contribution in [0.2, 0.25) is 0 Å². The number of ketones is 1. The highest BCUT2D eigenvalue weighted by Crippen LogP contribution is 2.19. The molecule has 0 aliphatic heterocycles. The van der Waals surface area contributed by atoms with Gasteiger partial charge in [0.25, 0.3) is 0 Å². The number of hydrogen-bond donors (Lipinski definition) is 0. The van der Waals surface area contributed by atoms with Crippen molar-refractivity contribution in [2.24, 2.45) is 0 Å². The number of allylic oxidation sites excluding steroid dienone is 1. The van der Waals surface area contributed by atoms with Gasteiger partial charge in [-0.3, -0.25) is 4.79 Å². The van der Waals surface area contributed by atoms with Gasteiger partial charge in [-0.15, -0.1) is 6.58 Å². The van der Waals surface area contributed by atoms with Gasteiger partial charge in [-0.1, -0.05) is 5.57 Å². The lowest BCUT2D eigenvalue weighted by Gasteiger charge is -2.20. The Bertz CT molecular complexity index is 336. The van der Waals surface area contributed by atoms with Crippen LogP contribution in [0.5, 0.6) is 0 Å². The molecule has 14 heavy (non-hydrogen) atoms. The Balaban J connectivity index is 4.62. The SMILES string of the molecule is C=C(C)CCC(=O)C(C)(C)S(C)(=O)=O. The van der Waals surface area contributed by atoms with E-state index < -0.39 is 14.6 Å². The van der Waals surface area contributed by atoms with E-state index in [9.17, 15) is 13.2 Å². The molecule has 0 N–H and O–H groups in total. The van der Waals surface area contributed by atoms with Crippen molar-refractivity contribution in [1.82, 2.24) is 0 Å². The van der Waals surface area contributed by atoms with Gasteiger partial charge < -0.3 is 0 Å². The molecule has 0 amide bonds. The summed E-state index contributed by atoms with van der Waals surface area (Å²) in [6, 6.07) is 0. The van der Waals surface area contributed by atoms with Gasteiger partial charge in [0.1, 0.15) is 4.75 Å². The predicted octanol–water partition coefficient (Wildman–Crippen LogP) is 1.74. The second-order valence-corrected chi connectivity index (χ2v) is 6.73. The van der Waals surface area contributed by atoms with E-state index in [1.807, 2.05) is 6.92 Å². The molecular weight excluding hydrogens is 200 g/mol. The number of sulfone groups is 1. The molecular formula is C10H18O3S. The molecule has 0 radical (unpaired) electrons. The third kappa shape index (κ3) is 3.25. The van der Waals surface area contributed by atoms with E-state index >= 15 is 0 Å². The Morgan fingerprint density at radius 3 is 2.00 bits per heavy atom. The van der Waals surface area contributed by atoms with Crippen molar-refractivity contribution in [1.29, 1.82) is 0 Å². The largest absolute Gasteiger partial charge is 0.298 e. The van der Waals surface area contributed by atoms with Crippen molar-refractivity contribution < 1.29 is 13.2 Å². The summed E-state index contributed by atoms with van der Waals surface area (Å²) in [5.74, 6) is -0.247. The fraction of sp³-hybridized carbons (Fsp3) is 0.700. The Labute approximate surface area is 86.1 Å². The van der Waals surface area contributed by atoms with Crippen molar-refractivity contribution in [2.45, 2.75) is 38.4 Å². The molecule has 0 unspecified atom stereocenters. The maximum absolute atomic E-state index is 11.6. The molecule has 0 saturated carbocycles. The van der Waals surface area contributed by atoms with Gasteiger partial charge in [0.15, 0.2) is 15.6 Å². The van der Waals surface area contributed by atoms with E-state index in [1.165, 1.54) is 13.8 Å². The molecule has 4 heteroatoms. The summed E-state index contributed by atoms with van der Waals surface area (Å²) in [6.45, 7) is 8.38. The van der Waals surface area contributed by atoms with Crippen molar-refractivity contribution in [3.05, 3.63) is 12.2 Å². The van der Waals surface area contributed by atoms with Crippen molar-refractivity contribution >= 4 is 15.6 Å². The second-order valence-electron chi connectivity index (χ2n) is 4.16. The summed E-state index contributed by atoms with van der Waals surface area (Å²) >= 11 is 0. The van der Waals surface area contributed by atoms with Crippen LogP contribution in [0.25, 0.3) is 0 Å². The molecule has 0 saturated heterocycles. The molecule has 0 spiro atoms. The maximum Gasteiger partial charge on any atom is 0.159 e. The molecule has 0 heterocycles. The zero-order chi connectivity index (χ0) is 11.6. The average molecular weight is 218 g/mol. The van der Waals surface area contributed by atoms with Gasteiger partial charge >= 0.3 is 0 Å². The number of hydrogen-bond acceptors (Lipinski definition) is 3. The lowest BCUT2D eigenvalue weighted by atomic mass is 10.0. The van der Waals surface area contributed by atoms with Crippen LogP contribution in [0.15, 0.2) is 12.2 Å². The summed E-state index contributed by atoms with van der Waals surface area (Å²) in [7, 11) is -3.33. The fourth-order valence-corrected chi connectivity index (χ4v) is 1.35. The van der Waals surface area contributed by atoms with Crippen LogP contribution in [0.3, 0.4) is 0 Å². The average Bonchev–Trinajstić information content (AvgIpc) is 1.97.